The van der Waals surface area contributed by atoms with Gasteiger partial charge in [-0.2, -0.15) is 0 Å². The van der Waals surface area contributed by atoms with E-state index in [9.17, 15) is 8.78 Å². The first-order chi connectivity index (χ1) is 6.92. The van der Waals surface area contributed by atoms with Crippen LogP contribution < -0.4 is 0 Å². The Morgan fingerprint density at radius 3 is 2.53 bits per heavy atom. The molecule has 0 bridgehead atoms. The fourth-order valence-corrected chi connectivity index (χ4v) is 1.62. The molecule has 1 aromatic rings. The molecule has 0 fully saturated rings. The van der Waals surface area contributed by atoms with Crippen molar-refractivity contribution in [1.82, 2.24) is 4.90 Å². The monoisotopic (exact) mass is 277 g/mol. The molecule has 0 amide bonds. The number of hydrogen-bond acceptors (Lipinski definition) is 1. The maximum Gasteiger partial charge on any atom is 0.274 e. The molecule has 0 aliphatic rings. The van der Waals surface area contributed by atoms with Crippen LogP contribution >= 0.6 is 15.9 Å². The molecule has 84 valence electrons. The second-order valence-electron chi connectivity index (χ2n) is 3.77. The van der Waals surface area contributed by atoms with Crippen molar-refractivity contribution in [2.45, 2.75) is 12.3 Å². The van der Waals surface area contributed by atoms with Crippen molar-refractivity contribution < 1.29 is 8.78 Å². The van der Waals surface area contributed by atoms with Gasteiger partial charge in [-0.3, -0.25) is 0 Å². The minimum atomic E-state index is -2.76. The summed E-state index contributed by atoms with van der Waals surface area (Å²) in [5, 5.41) is 0. The normalized spacial score (nSPS) is 12.1. The van der Waals surface area contributed by atoms with Gasteiger partial charge in [0.15, 0.2) is 0 Å². The quantitative estimate of drug-likeness (QED) is 0.814. The van der Waals surface area contributed by atoms with Crippen molar-refractivity contribution in [3.63, 3.8) is 0 Å². The fraction of sp³-hybridized carbons (Fsp3) is 0.455. The number of halogens is 3. The van der Waals surface area contributed by atoms with E-state index in [0.29, 0.717) is 11.0 Å². The maximum atomic E-state index is 13.6. The summed E-state index contributed by atoms with van der Waals surface area (Å²) in [5.41, 5.74) is 0.0683. The van der Waals surface area contributed by atoms with Crippen molar-refractivity contribution in [3.8, 4) is 0 Å². The average Bonchev–Trinajstić information content (AvgIpc) is 2.15. The second kappa shape index (κ2) is 5.03. The highest BCUT2D eigenvalue weighted by Gasteiger charge is 2.31. The molecule has 0 unspecified atom stereocenters. The van der Waals surface area contributed by atoms with Gasteiger partial charge in [0, 0.05) is 23.0 Å². The maximum absolute atomic E-state index is 13.6. The van der Waals surface area contributed by atoms with E-state index >= 15 is 0 Å². The van der Waals surface area contributed by atoms with Gasteiger partial charge >= 0.3 is 0 Å². The lowest BCUT2D eigenvalue weighted by Crippen LogP contribution is -2.22. The van der Waals surface area contributed by atoms with E-state index in [4.69, 9.17) is 0 Å². The standard InChI is InChI=1S/C11H14BrF2N/c1-15(2)7-6-11(13,14)9-4-3-5-10(12)8-9/h3-5,8H,6-7H2,1-2H3. The highest BCUT2D eigenvalue weighted by molar-refractivity contribution is 9.10. The van der Waals surface area contributed by atoms with E-state index in [1.165, 1.54) is 12.1 Å². The van der Waals surface area contributed by atoms with Crippen molar-refractivity contribution in [1.29, 1.82) is 0 Å². The predicted molar refractivity (Wildman–Crippen MR) is 61.2 cm³/mol. The third-order valence-corrected chi connectivity index (χ3v) is 2.61. The van der Waals surface area contributed by atoms with Gasteiger partial charge in [-0.15, -0.1) is 0 Å². The zero-order valence-corrected chi connectivity index (χ0v) is 10.4. The lowest BCUT2D eigenvalue weighted by Gasteiger charge is -2.19. The van der Waals surface area contributed by atoms with Gasteiger partial charge in [-0.25, -0.2) is 8.78 Å². The molecule has 0 saturated heterocycles. The minimum Gasteiger partial charge on any atom is -0.309 e. The Labute approximate surface area is 97.2 Å². The van der Waals surface area contributed by atoms with Crippen LogP contribution in [0.25, 0.3) is 0 Å². The molecular formula is C11H14BrF2N. The first-order valence-electron chi connectivity index (χ1n) is 4.70. The average molecular weight is 278 g/mol. The molecule has 1 aromatic carbocycles. The van der Waals surface area contributed by atoms with Crippen LogP contribution in [-0.2, 0) is 5.92 Å². The summed E-state index contributed by atoms with van der Waals surface area (Å²) in [5.74, 6) is -2.76. The lowest BCUT2D eigenvalue weighted by atomic mass is 10.1. The largest absolute Gasteiger partial charge is 0.309 e. The van der Waals surface area contributed by atoms with Crippen LogP contribution in [-0.4, -0.2) is 25.5 Å². The Morgan fingerprint density at radius 1 is 1.33 bits per heavy atom. The SMILES string of the molecule is CN(C)CCC(F)(F)c1cccc(Br)c1. The molecule has 1 nitrogen and oxygen atoms in total. The molecule has 0 aliphatic heterocycles. The van der Waals surface area contributed by atoms with Gasteiger partial charge in [0.2, 0.25) is 0 Å². The van der Waals surface area contributed by atoms with Gasteiger partial charge in [0.1, 0.15) is 0 Å². The molecular weight excluding hydrogens is 264 g/mol. The highest BCUT2D eigenvalue weighted by atomic mass is 79.9. The summed E-state index contributed by atoms with van der Waals surface area (Å²) in [7, 11) is 3.58. The number of nitrogens with zero attached hydrogens (tertiary/aromatic N) is 1. The van der Waals surface area contributed by atoms with Crippen molar-refractivity contribution in [3.05, 3.63) is 34.3 Å². The molecule has 1 rings (SSSR count). The lowest BCUT2D eigenvalue weighted by molar-refractivity contribution is -0.0188. The van der Waals surface area contributed by atoms with Gasteiger partial charge < -0.3 is 4.90 Å². The molecule has 0 aromatic heterocycles. The van der Waals surface area contributed by atoms with Crippen LogP contribution in [0.4, 0.5) is 8.78 Å². The van der Waals surface area contributed by atoms with E-state index in [2.05, 4.69) is 15.9 Å². The molecule has 0 aliphatic carbocycles. The van der Waals surface area contributed by atoms with E-state index in [0.717, 1.165) is 0 Å². The molecule has 0 saturated carbocycles. The third kappa shape index (κ3) is 3.87. The Morgan fingerprint density at radius 2 is 2.00 bits per heavy atom. The fourth-order valence-electron chi connectivity index (χ4n) is 1.22. The summed E-state index contributed by atoms with van der Waals surface area (Å²) in [4.78, 5) is 1.76. The van der Waals surface area contributed by atoms with Crippen molar-refractivity contribution in [2.75, 3.05) is 20.6 Å². The molecule has 0 radical (unpaired) electrons. The zero-order chi connectivity index (χ0) is 11.5. The van der Waals surface area contributed by atoms with Gasteiger partial charge in [-0.1, -0.05) is 28.1 Å². The van der Waals surface area contributed by atoms with E-state index < -0.39 is 5.92 Å². The number of alkyl halides is 2. The van der Waals surface area contributed by atoms with Crippen molar-refractivity contribution >= 4 is 15.9 Å². The molecule has 0 heterocycles. The smallest absolute Gasteiger partial charge is 0.274 e. The van der Waals surface area contributed by atoms with Crippen LogP contribution in [0.15, 0.2) is 28.7 Å². The Balaban J connectivity index is 2.76. The van der Waals surface area contributed by atoms with Crippen LogP contribution in [0, 0.1) is 0 Å². The first kappa shape index (κ1) is 12.6. The molecule has 4 heteroatoms. The van der Waals surface area contributed by atoms with Crippen LogP contribution in [0.2, 0.25) is 0 Å². The second-order valence-corrected chi connectivity index (χ2v) is 4.68. The molecule has 0 N–H and O–H groups in total. The van der Waals surface area contributed by atoms with Crippen molar-refractivity contribution in [2.24, 2.45) is 0 Å². The minimum absolute atomic E-state index is 0.0683. The molecule has 0 atom stereocenters. The molecule has 15 heavy (non-hydrogen) atoms. The zero-order valence-electron chi connectivity index (χ0n) is 8.80. The first-order valence-corrected chi connectivity index (χ1v) is 5.50. The number of benzene rings is 1. The van der Waals surface area contributed by atoms with Crippen LogP contribution in [0.5, 0.6) is 0 Å². The summed E-state index contributed by atoms with van der Waals surface area (Å²) in [6.45, 7) is 0.375. The van der Waals surface area contributed by atoms with E-state index in [1.54, 1.807) is 31.1 Å². The van der Waals surface area contributed by atoms with Gasteiger partial charge in [-0.05, 0) is 26.2 Å². The number of hydrogen-bond donors (Lipinski definition) is 0. The van der Waals surface area contributed by atoms with Gasteiger partial charge in [0.25, 0.3) is 5.92 Å². The summed E-state index contributed by atoms with van der Waals surface area (Å²) in [6.07, 6.45) is -0.156. The highest BCUT2D eigenvalue weighted by Crippen LogP contribution is 2.32. The Bertz CT molecular complexity index is 326. The summed E-state index contributed by atoms with van der Waals surface area (Å²) < 4.78 is 28.0. The molecule has 0 spiro atoms. The topological polar surface area (TPSA) is 3.24 Å². The van der Waals surface area contributed by atoms with Crippen LogP contribution in [0.3, 0.4) is 0 Å². The number of rotatable bonds is 4. The van der Waals surface area contributed by atoms with E-state index in [1.807, 2.05) is 0 Å². The third-order valence-electron chi connectivity index (χ3n) is 2.12. The van der Waals surface area contributed by atoms with Crippen LogP contribution in [0.1, 0.15) is 12.0 Å². The Hall–Kier alpha value is -0.480. The van der Waals surface area contributed by atoms with Gasteiger partial charge in [0.05, 0.1) is 0 Å². The summed E-state index contributed by atoms with van der Waals surface area (Å²) >= 11 is 3.19. The Kier molecular flexibility index (Phi) is 4.22. The predicted octanol–water partition coefficient (Wildman–Crippen LogP) is 3.49. The summed E-state index contributed by atoms with van der Waals surface area (Å²) in [6, 6.07) is 6.30. The van der Waals surface area contributed by atoms with E-state index in [-0.39, 0.29) is 12.0 Å².